The molecule has 0 radical (unpaired) electrons. The Morgan fingerprint density at radius 2 is 1.48 bits per heavy atom. The molecule has 2 aromatic rings. The molecular weight excluding hydrogens is 378 g/mol. The van der Waals surface area contributed by atoms with Crippen molar-refractivity contribution in [2.24, 2.45) is 5.10 Å². The van der Waals surface area contributed by atoms with Crippen LogP contribution in [0.3, 0.4) is 0 Å². The van der Waals surface area contributed by atoms with Crippen molar-refractivity contribution in [3.05, 3.63) is 41.5 Å². The Morgan fingerprint density at radius 3 is 2.03 bits per heavy atom. The molecule has 0 heterocycles. The van der Waals surface area contributed by atoms with Crippen molar-refractivity contribution in [1.29, 1.82) is 0 Å². The highest BCUT2D eigenvalue weighted by molar-refractivity contribution is 6.39. The molecule has 0 saturated carbocycles. The number of ether oxygens (including phenoxy) is 4. The van der Waals surface area contributed by atoms with Gasteiger partial charge in [0.15, 0.2) is 11.5 Å². The van der Waals surface area contributed by atoms with Crippen molar-refractivity contribution in [3.8, 4) is 23.0 Å². The summed E-state index contributed by atoms with van der Waals surface area (Å²) in [7, 11) is 5.95. The predicted octanol–water partition coefficient (Wildman–Crippen LogP) is 2.12. The Labute approximate surface area is 168 Å². The van der Waals surface area contributed by atoms with Crippen LogP contribution in [-0.4, -0.2) is 46.5 Å². The largest absolute Gasteiger partial charge is 0.495 e. The molecule has 2 N–H and O–H groups in total. The summed E-state index contributed by atoms with van der Waals surface area (Å²) in [5.41, 5.74) is 4.04. The number of methoxy groups -OCH3 is 4. The number of carbonyl (C=O) groups is 2. The Balaban J connectivity index is 2.08. The molecule has 0 unspecified atom stereocenters. The van der Waals surface area contributed by atoms with E-state index in [0.717, 1.165) is 5.56 Å². The maximum absolute atomic E-state index is 12.1. The fourth-order valence-corrected chi connectivity index (χ4v) is 2.49. The molecule has 0 spiro atoms. The highest BCUT2D eigenvalue weighted by atomic mass is 16.5. The van der Waals surface area contributed by atoms with Gasteiger partial charge < -0.3 is 24.3 Å². The Morgan fingerprint density at radius 1 is 0.862 bits per heavy atom. The van der Waals surface area contributed by atoms with E-state index >= 15 is 0 Å². The van der Waals surface area contributed by atoms with Crippen molar-refractivity contribution in [2.45, 2.75) is 6.92 Å². The van der Waals surface area contributed by atoms with E-state index in [9.17, 15) is 9.59 Å². The van der Waals surface area contributed by atoms with Crippen molar-refractivity contribution in [3.63, 3.8) is 0 Å². The second kappa shape index (κ2) is 9.98. The van der Waals surface area contributed by atoms with E-state index in [1.54, 1.807) is 24.3 Å². The number of rotatable bonds is 7. The average molecular weight is 401 g/mol. The summed E-state index contributed by atoms with van der Waals surface area (Å²) in [6.45, 7) is 1.86. The number of nitrogens with one attached hydrogen (secondary N) is 2. The number of amides is 2. The van der Waals surface area contributed by atoms with E-state index in [2.05, 4.69) is 15.8 Å². The summed E-state index contributed by atoms with van der Waals surface area (Å²) >= 11 is 0. The van der Waals surface area contributed by atoms with Crippen molar-refractivity contribution in [1.82, 2.24) is 5.43 Å². The van der Waals surface area contributed by atoms with E-state index in [0.29, 0.717) is 34.2 Å². The normalized spacial score (nSPS) is 10.4. The minimum absolute atomic E-state index is 0.390. The van der Waals surface area contributed by atoms with E-state index in [1.165, 1.54) is 34.7 Å². The highest BCUT2D eigenvalue weighted by Gasteiger charge is 2.16. The number of hydrogen-bond donors (Lipinski definition) is 2. The molecule has 154 valence electrons. The fourth-order valence-electron chi connectivity index (χ4n) is 2.49. The topological polar surface area (TPSA) is 107 Å². The third-order valence-electron chi connectivity index (χ3n) is 3.88. The monoisotopic (exact) mass is 401 g/mol. The van der Waals surface area contributed by atoms with Crippen molar-refractivity contribution < 1.29 is 28.5 Å². The average Bonchev–Trinajstić information content (AvgIpc) is 2.72. The van der Waals surface area contributed by atoms with Gasteiger partial charge in [-0.1, -0.05) is 6.07 Å². The van der Waals surface area contributed by atoms with Crippen LogP contribution in [0, 0.1) is 6.92 Å². The van der Waals surface area contributed by atoms with E-state index in [1.807, 2.05) is 13.0 Å². The SMILES string of the molecule is COc1ccc(C)cc1NC(=O)C(=O)N/N=C\c1cc(OC)c(OC)c(OC)c1. The van der Waals surface area contributed by atoms with Crippen LogP contribution >= 0.6 is 0 Å². The number of carbonyl (C=O) groups excluding carboxylic acids is 2. The summed E-state index contributed by atoms with van der Waals surface area (Å²) in [6.07, 6.45) is 1.35. The quantitative estimate of drug-likeness (QED) is 0.418. The van der Waals surface area contributed by atoms with Gasteiger partial charge in [-0.15, -0.1) is 0 Å². The zero-order valence-electron chi connectivity index (χ0n) is 16.9. The fraction of sp³-hybridized carbons (Fsp3) is 0.250. The van der Waals surface area contributed by atoms with Crippen LogP contribution in [0.15, 0.2) is 35.4 Å². The lowest BCUT2D eigenvalue weighted by atomic mass is 10.2. The first-order valence-electron chi connectivity index (χ1n) is 8.52. The molecule has 0 atom stereocenters. The number of benzene rings is 2. The molecule has 0 aromatic heterocycles. The third-order valence-corrected chi connectivity index (χ3v) is 3.88. The first kappa shape index (κ1) is 21.5. The summed E-state index contributed by atoms with van der Waals surface area (Å²) in [5.74, 6) is -0.0682. The maximum atomic E-state index is 12.1. The van der Waals surface area contributed by atoms with E-state index < -0.39 is 11.8 Å². The number of anilines is 1. The van der Waals surface area contributed by atoms with Gasteiger partial charge in [0.05, 0.1) is 40.3 Å². The molecule has 2 amide bonds. The molecule has 0 aliphatic carbocycles. The van der Waals surface area contributed by atoms with Gasteiger partial charge in [0, 0.05) is 5.56 Å². The standard InChI is InChI=1S/C20H23N3O6/c1-12-6-7-15(26-2)14(8-12)22-19(24)20(25)23-21-11-13-9-16(27-3)18(29-5)17(10-13)28-4/h6-11H,1-5H3,(H,22,24)(H,23,25)/b21-11-. The molecule has 9 heteroatoms. The Hall–Kier alpha value is -3.75. The van der Waals surface area contributed by atoms with Gasteiger partial charge in [0.25, 0.3) is 0 Å². The van der Waals surface area contributed by atoms with Crippen molar-refractivity contribution >= 4 is 23.7 Å². The highest BCUT2D eigenvalue weighted by Crippen LogP contribution is 2.37. The third kappa shape index (κ3) is 5.38. The molecular formula is C20H23N3O6. The number of nitrogens with zero attached hydrogens (tertiary/aromatic N) is 1. The van der Waals surface area contributed by atoms with Gasteiger partial charge in [-0.2, -0.15) is 5.10 Å². The molecule has 0 fully saturated rings. The molecule has 0 saturated heterocycles. The van der Waals surface area contributed by atoms with Gasteiger partial charge >= 0.3 is 11.8 Å². The predicted molar refractivity (Wildman–Crippen MR) is 108 cm³/mol. The summed E-state index contributed by atoms with van der Waals surface area (Å²) < 4.78 is 20.9. The zero-order chi connectivity index (χ0) is 21.4. The second-order valence-corrected chi connectivity index (χ2v) is 5.82. The molecule has 2 aromatic carbocycles. The van der Waals surface area contributed by atoms with Crippen LogP contribution in [0.25, 0.3) is 0 Å². The number of hydrazone groups is 1. The summed E-state index contributed by atoms with van der Waals surface area (Å²) in [5, 5.41) is 6.30. The smallest absolute Gasteiger partial charge is 0.329 e. The molecule has 0 bridgehead atoms. The van der Waals surface area contributed by atoms with Crippen LogP contribution in [-0.2, 0) is 9.59 Å². The zero-order valence-corrected chi connectivity index (χ0v) is 16.9. The van der Waals surface area contributed by atoms with Gasteiger partial charge in [0.2, 0.25) is 5.75 Å². The Kier molecular flexibility index (Phi) is 7.41. The van der Waals surface area contributed by atoms with Gasteiger partial charge in [-0.25, -0.2) is 5.43 Å². The minimum atomic E-state index is -0.933. The Bertz CT molecular complexity index is 901. The van der Waals surface area contributed by atoms with Gasteiger partial charge in [-0.3, -0.25) is 9.59 Å². The number of aryl methyl sites for hydroxylation is 1. The second-order valence-electron chi connectivity index (χ2n) is 5.82. The summed E-state index contributed by atoms with van der Waals surface area (Å²) in [6, 6.07) is 8.52. The van der Waals surface area contributed by atoms with Crippen LogP contribution < -0.4 is 29.7 Å². The van der Waals surface area contributed by atoms with Crippen LogP contribution in [0.1, 0.15) is 11.1 Å². The summed E-state index contributed by atoms with van der Waals surface area (Å²) in [4.78, 5) is 24.1. The molecule has 0 aliphatic heterocycles. The lowest BCUT2D eigenvalue weighted by Gasteiger charge is -2.12. The molecule has 0 aliphatic rings. The van der Waals surface area contributed by atoms with E-state index in [4.69, 9.17) is 18.9 Å². The molecule has 2 rings (SSSR count). The van der Waals surface area contributed by atoms with Crippen LogP contribution in [0.2, 0.25) is 0 Å². The first-order valence-corrected chi connectivity index (χ1v) is 8.52. The lowest BCUT2D eigenvalue weighted by molar-refractivity contribution is -0.136. The lowest BCUT2D eigenvalue weighted by Crippen LogP contribution is -2.32. The van der Waals surface area contributed by atoms with Crippen molar-refractivity contribution in [2.75, 3.05) is 33.8 Å². The minimum Gasteiger partial charge on any atom is -0.495 e. The molecule has 29 heavy (non-hydrogen) atoms. The number of hydrogen-bond acceptors (Lipinski definition) is 7. The van der Waals surface area contributed by atoms with Gasteiger partial charge in [0.1, 0.15) is 5.75 Å². The first-order chi connectivity index (χ1) is 13.9. The van der Waals surface area contributed by atoms with Crippen LogP contribution in [0.5, 0.6) is 23.0 Å². The van der Waals surface area contributed by atoms with Crippen LogP contribution in [0.4, 0.5) is 5.69 Å². The van der Waals surface area contributed by atoms with Gasteiger partial charge in [-0.05, 0) is 36.8 Å². The maximum Gasteiger partial charge on any atom is 0.329 e. The van der Waals surface area contributed by atoms with E-state index in [-0.39, 0.29) is 0 Å². The molecule has 9 nitrogen and oxygen atoms in total.